The molecule has 4 rings (SSSR count). The molecule has 8 heteroatoms. The number of nitrogens with zero attached hydrogens (tertiary/aromatic N) is 1. The topological polar surface area (TPSA) is 108 Å². The molecule has 3 aliphatic heterocycles. The van der Waals surface area contributed by atoms with Gasteiger partial charge < -0.3 is 25.4 Å². The molecule has 6 atom stereocenters. The zero-order valence-electron chi connectivity index (χ0n) is 20.4. The maximum atomic E-state index is 14.1. The fourth-order valence-electron chi connectivity index (χ4n) is 6.27. The minimum absolute atomic E-state index is 0.198. The van der Waals surface area contributed by atoms with Gasteiger partial charge >= 0.3 is 0 Å². The quantitative estimate of drug-likeness (QED) is 0.452. The number of likely N-dealkylation sites (tertiary alicyclic amines) is 1. The van der Waals surface area contributed by atoms with Crippen molar-refractivity contribution >= 4 is 17.7 Å². The number of fused-ring (bicyclic) bond motifs is 1. The highest BCUT2D eigenvalue weighted by Crippen LogP contribution is 2.64. The van der Waals surface area contributed by atoms with Crippen LogP contribution in [0.5, 0.6) is 0 Å². The molecule has 2 unspecified atom stereocenters. The number of carbonyl (C=O) groups excluding carboxylic acids is 3. The summed E-state index contributed by atoms with van der Waals surface area (Å²) in [5.41, 5.74) is -1.14. The number of unbranched alkanes of at least 4 members (excludes halogenated alkanes) is 1. The van der Waals surface area contributed by atoms with Crippen molar-refractivity contribution in [2.45, 2.75) is 76.2 Å². The molecule has 34 heavy (non-hydrogen) atoms. The van der Waals surface area contributed by atoms with Crippen molar-refractivity contribution in [3.63, 3.8) is 0 Å². The van der Waals surface area contributed by atoms with Crippen LogP contribution < -0.4 is 10.6 Å². The maximum absolute atomic E-state index is 14.1. The van der Waals surface area contributed by atoms with Crippen molar-refractivity contribution in [3.8, 4) is 0 Å². The molecule has 0 saturated carbocycles. The second kappa shape index (κ2) is 9.66. The van der Waals surface area contributed by atoms with Crippen LogP contribution in [0, 0.1) is 11.8 Å². The highest BCUT2D eigenvalue weighted by Gasteiger charge is 2.78. The standard InChI is InChI=1S/C26H37N3O5/c1-4-6-15-28-23(32)21-26-13-12-25(3,34-26)19(22(31)27-14-5-2)20(26)24(33)29(21)18(16-30)17-10-8-7-9-11-17/h7-11,18-21,30H,4-6,12-16H2,1-3H3,(H,27,31)(H,28,32)/t18-,19-,20+,21?,25+,26?/m1/s1. The van der Waals surface area contributed by atoms with E-state index in [0.717, 1.165) is 24.8 Å². The first kappa shape index (κ1) is 24.7. The number of benzene rings is 1. The van der Waals surface area contributed by atoms with Crippen molar-refractivity contribution in [1.82, 2.24) is 15.5 Å². The van der Waals surface area contributed by atoms with E-state index >= 15 is 0 Å². The molecular weight excluding hydrogens is 434 g/mol. The molecule has 186 valence electrons. The summed E-state index contributed by atoms with van der Waals surface area (Å²) in [7, 11) is 0. The van der Waals surface area contributed by atoms with Gasteiger partial charge in [0.05, 0.1) is 30.1 Å². The molecule has 0 radical (unpaired) electrons. The Bertz CT molecular complexity index is 924. The molecule has 0 aromatic heterocycles. The third-order valence-electron chi connectivity index (χ3n) is 7.82. The zero-order chi connectivity index (χ0) is 24.5. The van der Waals surface area contributed by atoms with Crippen LogP contribution in [0.1, 0.15) is 64.5 Å². The van der Waals surface area contributed by atoms with Crippen molar-refractivity contribution in [1.29, 1.82) is 0 Å². The Balaban J connectivity index is 1.77. The lowest BCUT2D eigenvalue weighted by atomic mass is 9.66. The molecule has 1 aromatic carbocycles. The Morgan fingerprint density at radius 2 is 1.82 bits per heavy atom. The Morgan fingerprint density at radius 3 is 2.47 bits per heavy atom. The maximum Gasteiger partial charge on any atom is 0.245 e. The van der Waals surface area contributed by atoms with Gasteiger partial charge in [-0.25, -0.2) is 0 Å². The van der Waals surface area contributed by atoms with E-state index in [2.05, 4.69) is 10.6 Å². The first-order valence-corrected chi connectivity index (χ1v) is 12.6. The largest absolute Gasteiger partial charge is 0.394 e. The molecule has 1 aromatic rings. The Kier molecular flexibility index (Phi) is 7.01. The van der Waals surface area contributed by atoms with Gasteiger partial charge in [-0.1, -0.05) is 50.6 Å². The van der Waals surface area contributed by atoms with Gasteiger partial charge in [0.1, 0.15) is 11.6 Å². The Hall–Kier alpha value is -2.45. The van der Waals surface area contributed by atoms with Gasteiger partial charge in [-0.05, 0) is 38.2 Å². The van der Waals surface area contributed by atoms with Gasteiger partial charge in [0.2, 0.25) is 17.7 Å². The second-order valence-electron chi connectivity index (χ2n) is 10.0. The minimum atomic E-state index is -1.08. The molecule has 3 fully saturated rings. The monoisotopic (exact) mass is 471 g/mol. The summed E-state index contributed by atoms with van der Waals surface area (Å²) in [5.74, 6) is -2.21. The number of aliphatic hydroxyl groups excluding tert-OH is 1. The summed E-state index contributed by atoms with van der Waals surface area (Å²) < 4.78 is 6.59. The van der Waals surface area contributed by atoms with Gasteiger partial charge in [0.15, 0.2) is 0 Å². The first-order valence-electron chi connectivity index (χ1n) is 12.6. The van der Waals surface area contributed by atoms with E-state index < -0.39 is 35.1 Å². The van der Waals surface area contributed by atoms with Crippen LogP contribution in [-0.4, -0.2) is 64.7 Å². The van der Waals surface area contributed by atoms with E-state index in [1.165, 1.54) is 4.90 Å². The first-order chi connectivity index (χ1) is 16.3. The fourth-order valence-corrected chi connectivity index (χ4v) is 6.27. The van der Waals surface area contributed by atoms with Crippen LogP contribution in [0.15, 0.2) is 30.3 Å². The smallest absolute Gasteiger partial charge is 0.245 e. The molecule has 3 aliphatic rings. The molecule has 1 spiro atoms. The van der Waals surface area contributed by atoms with Crippen molar-refractivity contribution in [2.75, 3.05) is 19.7 Å². The SMILES string of the molecule is CCCCNC(=O)C1N([C@H](CO)c2ccccc2)C(=O)[C@@H]2[C@H](C(=O)NCCC)[C@]3(C)CCC12O3. The zero-order valence-corrected chi connectivity index (χ0v) is 20.4. The number of hydrogen-bond acceptors (Lipinski definition) is 5. The normalized spacial score (nSPS) is 32.5. The van der Waals surface area contributed by atoms with Crippen LogP contribution in [0.2, 0.25) is 0 Å². The van der Waals surface area contributed by atoms with Crippen molar-refractivity contribution < 1.29 is 24.2 Å². The van der Waals surface area contributed by atoms with E-state index in [9.17, 15) is 19.5 Å². The predicted octanol–water partition coefficient (Wildman–Crippen LogP) is 1.93. The van der Waals surface area contributed by atoms with E-state index in [4.69, 9.17) is 4.74 Å². The summed E-state index contributed by atoms with van der Waals surface area (Å²) in [6.45, 7) is 6.60. The van der Waals surface area contributed by atoms with Crippen LogP contribution in [0.3, 0.4) is 0 Å². The van der Waals surface area contributed by atoms with E-state index in [1.54, 1.807) is 0 Å². The summed E-state index contributed by atoms with van der Waals surface area (Å²) >= 11 is 0. The van der Waals surface area contributed by atoms with Gasteiger partial charge in [0.25, 0.3) is 0 Å². The average molecular weight is 472 g/mol. The molecule has 3 N–H and O–H groups in total. The van der Waals surface area contributed by atoms with Gasteiger partial charge in [-0.2, -0.15) is 0 Å². The number of rotatable bonds is 10. The number of amides is 3. The lowest BCUT2D eigenvalue weighted by Gasteiger charge is -2.37. The lowest BCUT2D eigenvalue weighted by Crippen LogP contribution is -2.56. The highest BCUT2D eigenvalue weighted by atomic mass is 16.5. The third kappa shape index (κ3) is 3.81. The van der Waals surface area contributed by atoms with Crippen LogP contribution in [0.4, 0.5) is 0 Å². The van der Waals surface area contributed by atoms with Gasteiger partial charge in [0, 0.05) is 13.1 Å². The molecule has 2 bridgehead atoms. The lowest BCUT2D eigenvalue weighted by molar-refractivity contribution is -0.149. The Labute approximate surface area is 201 Å². The second-order valence-corrected chi connectivity index (χ2v) is 10.0. The summed E-state index contributed by atoms with van der Waals surface area (Å²) in [6.07, 6.45) is 3.66. The molecule has 3 amide bonds. The van der Waals surface area contributed by atoms with E-state index in [-0.39, 0.29) is 24.3 Å². The summed E-state index contributed by atoms with van der Waals surface area (Å²) in [6, 6.07) is 7.63. The Morgan fingerprint density at radius 1 is 1.12 bits per heavy atom. The van der Waals surface area contributed by atoms with Crippen LogP contribution in [-0.2, 0) is 19.1 Å². The summed E-state index contributed by atoms with van der Waals surface area (Å²) in [5, 5.41) is 16.3. The number of hydrogen-bond donors (Lipinski definition) is 3. The van der Waals surface area contributed by atoms with Crippen molar-refractivity contribution in [2.24, 2.45) is 11.8 Å². The summed E-state index contributed by atoms with van der Waals surface area (Å²) in [4.78, 5) is 42.5. The molecule has 3 saturated heterocycles. The van der Waals surface area contributed by atoms with Crippen LogP contribution >= 0.6 is 0 Å². The number of carbonyl (C=O) groups is 3. The highest BCUT2D eigenvalue weighted by molar-refractivity contribution is 5.99. The molecular formula is C26H37N3O5. The molecule has 0 aliphatic carbocycles. The number of nitrogens with one attached hydrogen (secondary N) is 2. The minimum Gasteiger partial charge on any atom is -0.394 e. The van der Waals surface area contributed by atoms with Gasteiger partial charge in [-0.3, -0.25) is 14.4 Å². The molecule has 3 heterocycles. The molecule has 8 nitrogen and oxygen atoms in total. The van der Waals surface area contributed by atoms with Gasteiger partial charge in [-0.15, -0.1) is 0 Å². The van der Waals surface area contributed by atoms with E-state index in [0.29, 0.717) is 25.9 Å². The number of ether oxygens (including phenoxy) is 1. The van der Waals surface area contributed by atoms with Crippen molar-refractivity contribution in [3.05, 3.63) is 35.9 Å². The average Bonchev–Trinajstić information content (AvgIpc) is 3.40. The van der Waals surface area contributed by atoms with E-state index in [1.807, 2.05) is 51.1 Å². The predicted molar refractivity (Wildman–Crippen MR) is 127 cm³/mol. The third-order valence-corrected chi connectivity index (χ3v) is 7.82. The van der Waals surface area contributed by atoms with Crippen LogP contribution in [0.25, 0.3) is 0 Å². The fraction of sp³-hybridized carbons (Fsp3) is 0.654. The number of aliphatic hydroxyl groups is 1.